The van der Waals surface area contributed by atoms with Crippen molar-refractivity contribution in [1.82, 2.24) is 0 Å². The molecule has 0 spiro atoms. The predicted octanol–water partition coefficient (Wildman–Crippen LogP) is 2.18. The summed E-state index contributed by atoms with van der Waals surface area (Å²) in [7, 11) is 0. The molecule has 1 nitrogen and oxygen atoms in total. The van der Waals surface area contributed by atoms with Crippen molar-refractivity contribution < 1.29 is 5.11 Å². The van der Waals surface area contributed by atoms with Crippen molar-refractivity contribution in [2.45, 2.75) is 32.0 Å². The molecule has 0 saturated heterocycles. The zero-order chi connectivity index (χ0) is 7.49. The highest BCUT2D eigenvalue weighted by atomic mass is 79.9. The number of aliphatic hydroxyl groups excluding tert-OH is 1. The van der Waals surface area contributed by atoms with Gasteiger partial charge in [-0.2, -0.15) is 0 Å². The predicted molar refractivity (Wildman–Crippen MR) is 43.9 cm³/mol. The van der Waals surface area contributed by atoms with Crippen LogP contribution in [0.25, 0.3) is 0 Å². The molecule has 0 rings (SSSR count). The lowest BCUT2D eigenvalue weighted by atomic mass is 9.89. The van der Waals surface area contributed by atoms with Crippen molar-refractivity contribution in [1.29, 1.82) is 0 Å². The number of hydrogen-bond acceptors (Lipinski definition) is 1. The molecule has 0 aliphatic carbocycles. The maximum Gasteiger partial charge on any atom is 0.0482 e. The fourth-order valence-electron chi connectivity index (χ4n) is 0.826. The number of rotatable bonds is 3. The quantitative estimate of drug-likeness (QED) is 0.684. The van der Waals surface area contributed by atoms with E-state index in [4.69, 9.17) is 5.11 Å². The van der Waals surface area contributed by atoms with E-state index in [-0.39, 0.29) is 12.0 Å². The third-order valence-electron chi connectivity index (χ3n) is 1.26. The molecule has 1 N–H and O–H groups in total. The van der Waals surface area contributed by atoms with Crippen LogP contribution in [0, 0.1) is 5.41 Å². The topological polar surface area (TPSA) is 20.2 Å². The van der Waals surface area contributed by atoms with Crippen LogP contribution in [0.5, 0.6) is 0 Å². The highest BCUT2D eigenvalue weighted by Crippen LogP contribution is 2.24. The van der Waals surface area contributed by atoms with Crippen LogP contribution in [0.15, 0.2) is 0 Å². The molecule has 0 aliphatic rings. The standard InChI is InChI=1S/C7H15BrO/c1-6(8)4-7(2,3)5-9/h6,9H,4-5H2,1-3H3. The van der Waals surface area contributed by atoms with Crippen molar-refractivity contribution in [2.24, 2.45) is 5.41 Å². The Hall–Kier alpha value is 0.440. The van der Waals surface area contributed by atoms with E-state index in [9.17, 15) is 0 Å². The number of hydrogen-bond donors (Lipinski definition) is 1. The van der Waals surface area contributed by atoms with Gasteiger partial charge in [-0.1, -0.05) is 36.7 Å². The van der Waals surface area contributed by atoms with Crippen LogP contribution in [0.1, 0.15) is 27.2 Å². The smallest absolute Gasteiger partial charge is 0.0482 e. The molecule has 1 atom stereocenters. The maximum absolute atomic E-state index is 8.82. The second-order valence-corrected chi connectivity index (χ2v) is 4.87. The second-order valence-electron chi connectivity index (χ2n) is 3.31. The lowest BCUT2D eigenvalue weighted by Gasteiger charge is -2.22. The van der Waals surface area contributed by atoms with E-state index in [0.29, 0.717) is 4.83 Å². The molecule has 0 radical (unpaired) electrons. The van der Waals surface area contributed by atoms with Crippen molar-refractivity contribution in [2.75, 3.05) is 6.61 Å². The summed E-state index contributed by atoms with van der Waals surface area (Å²) in [4.78, 5) is 0.500. The van der Waals surface area contributed by atoms with Gasteiger partial charge in [0.15, 0.2) is 0 Å². The molecule has 56 valence electrons. The molecule has 0 aromatic heterocycles. The molecule has 1 unspecified atom stereocenters. The Kier molecular flexibility index (Phi) is 3.74. The molecule has 0 aliphatic heterocycles. The van der Waals surface area contributed by atoms with Crippen molar-refractivity contribution in [3.8, 4) is 0 Å². The normalized spacial score (nSPS) is 15.7. The first kappa shape index (κ1) is 9.44. The molecular formula is C7H15BrO. The number of aliphatic hydroxyl groups is 1. The van der Waals surface area contributed by atoms with Crippen molar-refractivity contribution >= 4 is 15.9 Å². The summed E-state index contributed by atoms with van der Waals surface area (Å²) in [5, 5.41) is 8.82. The lowest BCUT2D eigenvalue weighted by molar-refractivity contribution is 0.151. The maximum atomic E-state index is 8.82. The monoisotopic (exact) mass is 194 g/mol. The molecule has 0 amide bonds. The van der Waals surface area contributed by atoms with Crippen LogP contribution in [-0.2, 0) is 0 Å². The summed E-state index contributed by atoms with van der Waals surface area (Å²) < 4.78 is 0. The lowest BCUT2D eigenvalue weighted by Crippen LogP contribution is -2.19. The van der Waals surface area contributed by atoms with E-state index in [1.165, 1.54) is 0 Å². The van der Waals surface area contributed by atoms with Gasteiger partial charge in [-0.3, -0.25) is 0 Å². The van der Waals surface area contributed by atoms with E-state index < -0.39 is 0 Å². The van der Waals surface area contributed by atoms with Crippen LogP contribution < -0.4 is 0 Å². The zero-order valence-corrected chi connectivity index (χ0v) is 7.90. The fourth-order valence-corrected chi connectivity index (χ4v) is 1.70. The van der Waals surface area contributed by atoms with Crippen LogP contribution in [-0.4, -0.2) is 16.5 Å². The minimum absolute atomic E-state index is 0.0723. The Bertz CT molecular complexity index is 79.0. The zero-order valence-electron chi connectivity index (χ0n) is 6.32. The molecule has 0 bridgehead atoms. The molecular weight excluding hydrogens is 180 g/mol. The van der Waals surface area contributed by atoms with E-state index >= 15 is 0 Å². The third-order valence-corrected chi connectivity index (χ3v) is 1.59. The van der Waals surface area contributed by atoms with Gasteiger partial charge in [0.2, 0.25) is 0 Å². The van der Waals surface area contributed by atoms with Gasteiger partial charge < -0.3 is 5.11 Å². The van der Waals surface area contributed by atoms with Gasteiger partial charge in [0, 0.05) is 11.4 Å². The molecule has 2 heteroatoms. The second kappa shape index (κ2) is 3.57. The molecule has 0 saturated carbocycles. The van der Waals surface area contributed by atoms with Crippen LogP contribution >= 0.6 is 15.9 Å². The number of halogens is 1. The summed E-state index contributed by atoms with van der Waals surface area (Å²) in [6.45, 7) is 6.48. The first-order chi connectivity index (χ1) is 3.98. The summed E-state index contributed by atoms with van der Waals surface area (Å²) >= 11 is 3.44. The first-order valence-electron chi connectivity index (χ1n) is 3.23. The number of alkyl halides is 1. The van der Waals surface area contributed by atoms with Gasteiger partial charge in [-0.15, -0.1) is 0 Å². The Morgan fingerprint density at radius 2 is 2.00 bits per heavy atom. The van der Waals surface area contributed by atoms with E-state index in [1.54, 1.807) is 0 Å². The van der Waals surface area contributed by atoms with Crippen molar-refractivity contribution in [3.63, 3.8) is 0 Å². The summed E-state index contributed by atoms with van der Waals surface area (Å²) in [5.41, 5.74) is 0.0723. The molecule has 0 fully saturated rings. The Balaban J connectivity index is 3.58. The van der Waals surface area contributed by atoms with Gasteiger partial charge in [-0.25, -0.2) is 0 Å². The fraction of sp³-hybridized carbons (Fsp3) is 1.00. The minimum atomic E-state index is 0.0723. The minimum Gasteiger partial charge on any atom is -0.396 e. The third kappa shape index (κ3) is 4.91. The molecule has 0 aromatic rings. The summed E-state index contributed by atoms with van der Waals surface area (Å²) in [6.07, 6.45) is 1.02. The SMILES string of the molecule is CC(Br)CC(C)(C)CO. The first-order valence-corrected chi connectivity index (χ1v) is 4.14. The Labute approximate surface area is 65.6 Å². The summed E-state index contributed by atoms with van der Waals surface area (Å²) in [6, 6.07) is 0. The largest absolute Gasteiger partial charge is 0.396 e. The van der Waals surface area contributed by atoms with E-state index in [1.807, 2.05) is 0 Å². The summed E-state index contributed by atoms with van der Waals surface area (Å²) in [5.74, 6) is 0. The van der Waals surface area contributed by atoms with E-state index in [2.05, 4.69) is 36.7 Å². The van der Waals surface area contributed by atoms with Crippen LogP contribution in [0.2, 0.25) is 0 Å². The highest BCUT2D eigenvalue weighted by molar-refractivity contribution is 9.09. The van der Waals surface area contributed by atoms with E-state index in [0.717, 1.165) is 6.42 Å². The van der Waals surface area contributed by atoms with Gasteiger partial charge >= 0.3 is 0 Å². The molecule has 0 heterocycles. The van der Waals surface area contributed by atoms with Gasteiger partial charge in [0.25, 0.3) is 0 Å². The van der Waals surface area contributed by atoms with Crippen LogP contribution in [0.4, 0.5) is 0 Å². The van der Waals surface area contributed by atoms with Crippen molar-refractivity contribution in [3.05, 3.63) is 0 Å². The Morgan fingerprint density at radius 1 is 1.56 bits per heavy atom. The van der Waals surface area contributed by atoms with Gasteiger partial charge in [-0.05, 0) is 11.8 Å². The van der Waals surface area contributed by atoms with Crippen LogP contribution in [0.3, 0.4) is 0 Å². The molecule has 9 heavy (non-hydrogen) atoms. The average Bonchev–Trinajstić information content (AvgIpc) is 1.63. The van der Waals surface area contributed by atoms with Gasteiger partial charge in [0.1, 0.15) is 0 Å². The molecule has 0 aromatic carbocycles. The highest BCUT2D eigenvalue weighted by Gasteiger charge is 2.17. The average molecular weight is 195 g/mol. The Morgan fingerprint density at radius 3 is 2.11 bits per heavy atom. The van der Waals surface area contributed by atoms with Gasteiger partial charge in [0.05, 0.1) is 0 Å².